The van der Waals surface area contributed by atoms with Crippen LogP contribution in [-0.2, 0) is 10.0 Å². The molecular formula is C9H15F2NO2S. The van der Waals surface area contributed by atoms with Gasteiger partial charge in [0.1, 0.15) is 0 Å². The minimum absolute atomic E-state index is 0.0734. The van der Waals surface area contributed by atoms with E-state index in [1.807, 2.05) is 0 Å². The van der Waals surface area contributed by atoms with Crippen LogP contribution in [0.3, 0.4) is 0 Å². The van der Waals surface area contributed by atoms with Crippen LogP contribution in [0, 0.1) is 5.92 Å². The van der Waals surface area contributed by atoms with E-state index in [2.05, 4.69) is 11.3 Å². The van der Waals surface area contributed by atoms with Crippen LogP contribution in [0.4, 0.5) is 8.78 Å². The van der Waals surface area contributed by atoms with Gasteiger partial charge in [0.05, 0.1) is 0 Å². The van der Waals surface area contributed by atoms with E-state index >= 15 is 0 Å². The summed E-state index contributed by atoms with van der Waals surface area (Å²) in [6, 6.07) is 0. The summed E-state index contributed by atoms with van der Waals surface area (Å²) in [5, 5.41) is 0.786. The Labute approximate surface area is 88.6 Å². The van der Waals surface area contributed by atoms with Crippen molar-refractivity contribution in [3.8, 4) is 0 Å². The predicted octanol–water partition coefficient (Wildman–Crippen LogP) is 1.87. The van der Waals surface area contributed by atoms with E-state index in [1.165, 1.54) is 0 Å². The SMILES string of the molecule is C=CS(=O)(=O)NCC1CCCC(F)(F)C1. The standard InChI is InChI=1S/C9H15F2NO2S/c1-2-15(13,14)12-7-8-4-3-5-9(10,11)6-8/h2,8,12H,1,3-7H2. The molecule has 1 fully saturated rings. The van der Waals surface area contributed by atoms with Crippen molar-refractivity contribution < 1.29 is 17.2 Å². The van der Waals surface area contributed by atoms with Crippen molar-refractivity contribution in [3.63, 3.8) is 0 Å². The lowest BCUT2D eigenvalue weighted by Gasteiger charge is -2.28. The zero-order chi connectivity index (χ0) is 11.5. The number of hydrogen-bond donors (Lipinski definition) is 1. The Morgan fingerprint density at radius 1 is 1.53 bits per heavy atom. The van der Waals surface area contributed by atoms with E-state index in [0.29, 0.717) is 12.8 Å². The van der Waals surface area contributed by atoms with Gasteiger partial charge >= 0.3 is 0 Å². The third kappa shape index (κ3) is 4.25. The lowest BCUT2D eigenvalue weighted by Crippen LogP contribution is -2.34. The zero-order valence-corrected chi connectivity index (χ0v) is 9.19. The number of hydrogen-bond acceptors (Lipinski definition) is 2. The van der Waals surface area contributed by atoms with Crippen molar-refractivity contribution in [1.29, 1.82) is 0 Å². The summed E-state index contributed by atoms with van der Waals surface area (Å²) in [6.07, 6.45) is 0.785. The first kappa shape index (κ1) is 12.6. The van der Waals surface area contributed by atoms with E-state index in [0.717, 1.165) is 5.41 Å². The van der Waals surface area contributed by atoms with Crippen molar-refractivity contribution in [2.45, 2.75) is 31.6 Å². The summed E-state index contributed by atoms with van der Waals surface area (Å²) >= 11 is 0. The molecule has 15 heavy (non-hydrogen) atoms. The highest BCUT2D eigenvalue weighted by atomic mass is 32.2. The highest BCUT2D eigenvalue weighted by Gasteiger charge is 2.36. The normalized spacial score (nSPS) is 26.1. The molecule has 0 amide bonds. The molecule has 0 aromatic heterocycles. The molecule has 0 aromatic carbocycles. The summed E-state index contributed by atoms with van der Waals surface area (Å²) in [6.45, 7) is 3.20. The lowest BCUT2D eigenvalue weighted by molar-refractivity contribution is -0.0513. The molecular weight excluding hydrogens is 224 g/mol. The van der Waals surface area contributed by atoms with E-state index in [4.69, 9.17) is 0 Å². The van der Waals surface area contributed by atoms with Crippen LogP contribution >= 0.6 is 0 Å². The Bertz CT molecular complexity index is 327. The number of alkyl halides is 2. The highest BCUT2D eigenvalue weighted by molar-refractivity contribution is 7.92. The lowest BCUT2D eigenvalue weighted by atomic mass is 9.87. The van der Waals surface area contributed by atoms with Crippen LogP contribution in [0.2, 0.25) is 0 Å². The van der Waals surface area contributed by atoms with Gasteiger partial charge in [0.25, 0.3) is 0 Å². The predicted molar refractivity (Wildman–Crippen MR) is 54.0 cm³/mol. The number of halogens is 2. The minimum atomic E-state index is -3.49. The van der Waals surface area contributed by atoms with Crippen LogP contribution in [0.25, 0.3) is 0 Å². The van der Waals surface area contributed by atoms with Gasteiger partial charge in [-0.3, -0.25) is 0 Å². The topological polar surface area (TPSA) is 46.2 Å². The Balaban J connectivity index is 2.43. The van der Waals surface area contributed by atoms with Crippen LogP contribution < -0.4 is 4.72 Å². The molecule has 1 atom stereocenters. The molecule has 1 saturated carbocycles. The third-order valence-electron chi connectivity index (χ3n) is 2.53. The first-order valence-electron chi connectivity index (χ1n) is 4.84. The van der Waals surface area contributed by atoms with E-state index in [-0.39, 0.29) is 25.3 Å². The fourth-order valence-electron chi connectivity index (χ4n) is 1.74. The molecule has 1 aliphatic carbocycles. The van der Waals surface area contributed by atoms with Gasteiger partial charge in [-0.05, 0) is 18.8 Å². The maximum atomic E-state index is 13.0. The second-order valence-electron chi connectivity index (χ2n) is 3.88. The average Bonchev–Trinajstić information content (AvgIpc) is 2.14. The van der Waals surface area contributed by atoms with Crippen molar-refractivity contribution in [1.82, 2.24) is 4.72 Å². The Kier molecular flexibility index (Phi) is 3.83. The van der Waals surface area contributed by atoms with Gasteiger partial charge in [-0.1, -0.05) is 6.58 Å². The average molecular weight is 239 g/mol. The van der Waals surface area contributed by atoms with Crippen LogP contribution in [0.15, 0.2) is 12.0 Å². The third-order valence-corrected chi connectivity index (χ3v) is 3.54. The fraction of sp³-hybridized carbons (Fsp3) is 0.778. The van der Waals surface area contributed by atoms with Gasteiger partial charge in [-0.2, -0.15) is 0 Å². The maximum Gasteiger partial charge on any atom is 0.248 e. The fourth-order valence-corrected chi connectivity index (χ4v) is 2.33. The van der Waals surface area contributed by atoms with Gasteiger partial charge < -0.3 is 0 Å². The summed E-state index contributed by atoms with van der Waals surface area (Å²) in [5.74, 6) is -2.91. The van der Waals surface area contributed by atoms with Crippen LogP contribution in [-0.4, -0.2) is 20.9 Å². The van der Waals surface area contributed by atoms with Crippen molar-refractivity contribution in [2.75, 3.05) is 6.54 Å². The Hall–Kier alpha value is -0.490. The Morgan fingerprint density at radius 2 is 2.20 bits per heavy atom. The second kappa shape index (κ2) is 4.57. The van der Waals surface area contributed by atoms with Gasteiger partial charge in [0, 0.05) is 24.8 Å². The largest absolute Gasteiger partial charge is 0.248 e. The molecule has 1 rings (SSSR count). The van der Waals surface area contributed by atoms with Gasteiger partial charge in [-0.25, -0.2) is 21.9 Å². The van der Waals surface area contributed by atoms with Crippen molar-refractivity contribution in [2.24, 2.45) is 5.92 Å². The molecule has 0 saturated heterocycles. The van der Waals surface area contributed by atoms with Gasteiger partial charge in [-0.15, -0.1) is 0 Å². The molecule has 88 valence electrons. The van der Waals surface area contributed by atoms with Gasteiger partial charge in [0.2, 0.25) is 15.9 Å². The summed E-state index contributed by atoms with van der Waals surface area (Å²) < 4.78 is 50.1. The first-order chi connectivity index (χ1) is 6.85. The van der Waals surface area contributed by atoms with E-state index in [1.54, 1.807) is 0 Å². The van der Waals surface area contributed by atoms with Crippen LogP contribution in [0.5, 0.6) is 0 Å². The molecule has 0 bridgehead atoms. The number of sulfonamides is 1. The number of nitrogens with one attached hydrogen (secondary N) is 1. The monoisotopic (exact) mass is 239 g/mol. The zero-order valence-electron chi connectivity index (χ0n) is 8.38. The molecule has 0 radical (unpaired) electrons. The number of rotatable bonds is 4. The van der Waals surface area contributed by atoms with E-state index in [9.17, 15) is 17.2 Å². The second-order valence-corrected chi connectivity index (χ2v) is 5.59. The summed E-state index contributed by atoms with van der Waals surface area (Å²) in [4.78, 5) is 0. The first-order valence-corrected chi connectivity index (χ1v) is 6.39. The maximum absolute atomic E-state index is 13.0. The Morgan fingerprint density at radius 3 is 2.73 bits per heavy atom. The molecule has 1 N–H and O–H groups in total. The van der Waals surface area contributed by atoms with Crippen molar-refractivity contribution in [3.05, 3.63) is 12.0 Å². The van der Waals surface area contributed by atoms with Crippen molar-refractivity contribution >= 4 is 10.0 Å². The molecule has 6 heteroatoms. The molecule has 0 heterocycles. The molecule has 0 aromatic rings. The molecule has 0 aliphatic heterocycles. The molecule has 0 spiro atoms. The summed E-state index contributed by atoms with van der Waals surface area (Å²) in [5.41, 5.74) is 0. The smallest absolute Gasteiger partial charge is 0.211 e. The molecule has 3 nitrogen and oxygen atoms in total. The highest BCUT2D eigenvalue weighted by Crippen LogP contribution is 2.36. The molecule has 1 aliphatic rings. The van der Waals surface area contributed by atoms with Gasteiger partial charge in [0.15, 0.2) is 0 Å². The summed E-state index contributed by atoms with van der Waals surface area (Å²) in [7, 11) is -3.49. The quantitative estimate of drug-likeness (QED) is 0.814. The minimum Gasteiger partial charge on any atom is -0.211 e. The molecule has 1 unspecified atom stereocenters. The van der Waals surface area contributed by atoms with Crippen LogP contribution in [0.1, 0.15) is 25.7 Å². The van der Waals surface area contributed by atoms with E-state index < -0.39 is 15.9 Å².